The molecule has 3 rings (SSSR count). The zero-order chi connectivity index (χ0) is 19.2. The van der Waals surface area contributed by atoms with Gasteiger partial charge in [0.05, 0.1) is 19.3 Å². The van der Waals surface area contributed by atoms with Gasteiger partial charge in [0.25, 0.3) is 5.91 Å². The highest BCUT2D eigenvalue weighted by Gasteiger charge is 2.23. The molecule has 1 amide bonds. The quantitative estimate of drug-likeness (QED) is 0.761. The van der Waals surface area contributed by atoms with Crippen LogP contribution >= 0.6 is 15.9 Å². The zero-order valence-corrected chi connectivity index (χ0v) is 17.4. The first-order chi connectivity index (χ1) is 13.0. The van der Waals surface area contributed by atoms with Gasteiger partial charge in [0, 0.05) is 49.5 Å². The van der Waals surface area contributed by atoms with Crippen LogP contribution in [0.15, 0.2) is 53.0 Å². The standard InChI is InChI=1S/C21H26BrN3O2/c1-24(2)19-8-6-16(7-9-19)20(25-10-12-27-13-11-25)15-23-21(26)17-4-3-5-18(22)14-17/h3-9,14,20H,10-13,15H2,1-2H3,(H,23,26). The molecule has 0 spiro atoms. The van der Waals surface area contributed by atoms with Crippen LogP contribution in [0.5, 0.6) is 0 Å². The molecule has 5 nitrogen and oxygen atoms in total. The predicted octanol–water partition coefficient (Wildman–Crippen LogP) is 3.32. The number of benzene rings is 2. The lowest BCUT2D eigenvalue weighted by atomic mass is 10.0. The normalized spacial score (nSPS) is 16.0. The molecule has 144 valence electrons. The number of morpholine rings is 1. The van der Waals surface area contributed by atoms with Crippen LogP contribution in [0.2, 0.25) is 0 Å². The van der Waals surface area contributed by atoms with Crippen molar-refractivity contribution in [1.82, 2.24) is 10.2 Å². The second kappa shape index (κ2) is 9.35. The van der Waals surface area contributed by atoms with Gasteiger partial charge in [-0.2, -0.15) is 0 Å². The van der Waals surface area contributed by atoms with Crippen LogP contribution in [0.25, 0.3) is 0 Å². The Bertz CT molecular complexity index is 758. The third-order valence-corrected chi connectivity index (χ3v) is 5.32. The molecule has 1 aliphatic heterocycles. The third-order valence-electron chi connectivity index (χ3n) is 4.82. The first kappa shape index (κ1) is 19.9. The number of rotatable bonds is 6. The van der Waals surface area contributed by atoms with Crippen LogP contribution in [0, 0.1) is 0 Å². The van der Waals surface area contributed by atoms with Crippen molar-refractivity contribution < 1.29 is 9.53 Å². The van der Waals surface area contributed by atoms with Crippen LogP contribution in [0.4, 0.5) is 5.69 Å². The lowest BCUT2D eigenvalue weighted by Crippen LogP contribution is -2.43. The van der Waals surface area contributed by atoms with E-state index < -0.39 is 0 Å². The van der Waals surface area contributed by atoms with E-state index in [0.717, 1.165) is 36.5 Å². The van der Waals surface area contributed by atoms with Crippen LogP contribution in [0.1, 0.15) is 22.0 Å². The third kappa shape index (κ3) is 5.31. The molecular formula is C21H26BrN3O2. The highest BCUT2D eigenvalue weighted by molar-refractivity contribution is 9.10. The van der Waals surface area contributed by atoms with Gasteiger partial charge in [-0.15, -0.1) is 0 Å². The van der Waals surface area contributed by atoms with E-state index in [-0.39, 0.29) is 11.9 Å². The largest absolute Gasteiger partial charge is 0.379 e. The van der Waals surface area contributed by atoms with Gasteiger partial charge in [-0.25, -0.2) is 0 Å². The van der Waals surface area contributed by atoms with Crippen molar-refractivity contribution in [3.63, 3.8) is 0 Å². The second-order valence-corrected chi connectivity index (χ2v) is 7.79. The molecule has 2 aromatic rings. The molecule has 1 N–H and O–H groups in total. The Morgan fingerprint density at radius 3 is 2.52 bits per heavy atom. The lowest BCUT2D eigenvalue weighted by Gasteiger charge is -2.35. The molecule has 1 unspecified atom stereocenters. The summed E-state index contributed by atoms with van der Waals surface area (Å²) < 4.78 is 6.41. The van der Waals surface area contributed by atoms with E-state index in [4.69, 9.17) is 4.74 Å². The minimum atomic E-state index is -0.0560. The maximum atomic E-state index is 12.6. The smallest absolute Gasteiger partial charge is 0.251 e. The van der Waals surface area contributed by atoms with Gasteiger partial charge in [0.15, 0.2) is 0 Å². The maximum Gasteiger partial charge on any atom is 0.251 e. The average Bonchev–Trinajstić information content (AvgIpc) is 2.69. The molecule has 1 saturated heterocycles. The van der Waals surface area contributed by atoms with Gasteiger partial charge < -0.3 is 15.0 Å². The maximum absolute atomic E-state index is 12.6. The Balaban J connectivity index is 1.74. The van der Waals surface area contributed by atoms with E-state index in [0.29, 0.717) is 12.1 Å². The fraction of sp³-hybridized carbons (Fsp3) is 0.381. The van der Waals surface area contributed by atoms with Crippen LogP contribution in [-0.2, 0) is 4.74 Å². The van der Waals surface area contributed by atoms with Crippen LogP contribution < -0.4 is 10.2 Å². The molecule has 27 heavy (non-hydrogen) atoms. The first-order valence-electron chi connectivity index (χ1n) is 9.17. The Hall–Kier alpha value is -1.89. The number of nitrogens with zero attached hydrogens (tertiary/aromatic N) is 2. The number of halogens is 1. The molecule has 1 heterocycles. The number of nitrogens with one attached hydrogen (secondary N) is 1. The summed E-state index contributed by atoms with van der Waals surface area (Å²) in [6, 6.07) is 16.1. The van der Waals surface area contributed by atoms with E-state index in [2.05, 4.69) is 55.3 Å². The van der Waals surface area contributed by atoms with Crippen molar-refractivity contribution in [3.8, 4) is 0 Å². The molecule has 0 aromatic heterocycles. The summed E-state index contributed by atoms with van der Waals surface area (Å²) in [5.74, 6) is -0.0560. The highest BCUT2D eigenvalue weighted by atomic mass is 79.9. The Morgan fingerprint density at radius 2 is 1.89 bits per heavy atom. The predicted molar refractivity (Wildman–Crippen MR) is 112 cm³/mol. The molecule has 1 aliphatic rings. The van der Waals surface area contributed by atoms with Gasteiger partial charge in [-0.1, -0.05) is 34.1 Å². The lowest BCUT2D eigenvalue weighted by molar-refractivity contribution is 0.0162. The van der Waals surface area contributed by atoms with Gasteiger partial charge in [-0.05, 0) is 35.9 Å². The summed E-state index contributed by atoms with van der Waals surface area (Å²) in [5, 5.41) is 3.11. The van der Waals surface area contributed by atoms with Crippen molar-refractivity contribution in [3.05, 3.63) is 64.1 Å². The summed E-state index contributed by atoms with van der Waals surface area (Å²) in [5.41, 5.74) is 3.03. The Labute approximate surface area is 169 Å². The number of carbonyl (C=O) groups is 1. The molecule has 0 aliphatic carbocycles. The number of amides is 1. The average molecular weight is 432 g/mol. The molecule has 2 aromatic carbocycles. The fourth-order valence-electron chi connectivity index (χ4n) is 3.26. The summed E-state index contributed by atoms with van der Waals surface area (Å²) >= 11 is 3.42. The number of carbonyl (C=O) groups excluding carboxylic acids is 1. The SMILES string of the molecule is CN(C)c1ccc(C(CNC(=O)c2cccc(Br)c2)N2CCOCC2)cc1. The van der Waals surface area contributed by atoms with Crippen LogP contribution in [-0.4, -0.2) is 57.8 Å². The molecule has 0 saturated carbocycles. The zero-order valence-electron chi connectivity index (χ0n) is 15.8. The van der Waals surface area contributed by atoms with Crippen molar-refractivity contribution >= 4 is 27.5 Å². The van der Waals surface area contributed by atoms with Crippen LogP contribution in [0.3, 0.4) is 0 Å². The number of hydrogen-bond acceptors (Lipinski definition) is 4. The van der Waals surface area contributed by atoms with Crippen molar-refractivity contribution in [2.24, 2.45) is 0 Å². The molecular weight excluding hydrogens is 406 g/mol. The van der Waals surface area contributed by atoms with E-state index in [1.165, 1.54) is 5.56 Å². The molecule has 0 bridgehead atoms. The first-order valence-corrected chi connectivity index (χ1v) is 9.97. The number of ether oxygens (including phenoxy) is 1. The summed E-state index contributed by atoms with van der Waals surface area (Å²) in [4.78, 5) is 17.0. The summed E-state index contributed by atoms with van der Waals surface area (Å²) in [7, 11) is 4.07. The monoisotopic (exact) mass is 431 g/mol. The fourth-order valence-corrected chi connectivity index (χ4v) is 3.66. The number of anilines is 1. The molecule has 1 atom stereocenters. The Kier molecular flexibility index (Phi) is 6.88. The second-order valence-electron chi connectivity index (χ2n) is 6.87. The van der Waals surface area contributed by atoms with E-state index >= 15 is 0 Å². The van der Waals surface area contributed by atoms with Gasteiger partial charge >= 0.3 is 0 Å². The summed E-state index contributed by atoms with van der Waals surface area (Å²) in [6.07, 6.45) is 0. The van der Waals surface area contributed by atoms with Gasteiger partial charge in [-0.3, -0.25) is 9.69 Å². The van der Waals surface area contributed by atoms with E-state index in [9.17, 15) is 4.79 Å². The minimum Gasteiger partial charge on any atom is -0.379 e. The minimum absolute atomic E-state index is 0.0560. The Morgan fingerprint density at radius 1 is 1.19 bits per heavy atom. The van der Waals surface area contributed by atoms with E-state index in [1.807, 2.05) is 38.4 Å². The molecule has 6 heteroatoms. The van der Waals surface area contributed by atoms with Crippen molar-refractivity contribution in [2.75, 3.05) is 51.8 Å². The summed E-state index contributed by atoms with van der Waals surface area (Å²) in [6.45, 7) is 3.75. The number of hydrogen-bond donors (Lipinski definition) is 1. The molecule has 0 radical (unpaired) electrons. The topological polar surface area (TPSA) is 44.8 Å². The molecule has 1 fully saturated rings. The van der Waals surface area contributed by atoms with Crippen molar-refractivity contribution in [1.29, 1.82) is 0 Å². The highest BCUT2D eigenvalue weighted by Crippen LogP contribution is 2.24. The van der Waals surface area contributed by atoms with Crippen molar-refractivity contribution in [2.45, 2.75) is 6.04 Å². The van der Waals surface area contributed by atoms with E-state index in [1.54, 1.807) is 0 Å². The van der Waals surface area contributed by atoms with Gasteiger partial charge in [0.1, 0.15) is 0 Å². The van der Waals surface area contributed by atoms with Gasteiger partial charge in [0.2, 0.25) is 0 Å².